The highest BCUT2D eigenvalue weighted by Crippen LogP contribution is 2.21. The molecular weight excluding hydrogens is 212 g/mol. The molecule has 1 aromatic heterocycles. The standard InChI is InChI=1S/C10H15ClN4/c11-8-6-13-10(14-7-8)15-4-2-1-3-9(15)5-12/h6-7,9H,1-5,12H2/t9-/m1/s1. The summed E-state index contributed by atoms with van der Waals surface area (Å²) in [4.78, 5) is 10.6. The smallest absolute Gasteiger partial charge is 0.225 e. The van der Waals surface area contributed by atoms with Crippen LogP contribution in [0.3, 0.4) is 0 Å². The third kappa shape index (κ3) is 2.38. The minimum Gasteiger partial charge on any atom is -0.337 e. The van der Waals surface area contributed by atoms with Crippen LogP contribution in [0.15, 0.2) is 12.4 Å². The Morgan fingerprint density at radius 1 is 1.40 bits per heavy atom. The van der Waals surface area contributed by atoms with Gasteiger partial charge in [-0.2, -0.15) is 0 Å². The minimum atomic E-state index is 0.375. The fourth-order valence-corrected chi connectivity index (χ4v) is 2.06. The molecule has 0 radical (unpaired) electrons. The fraction of sp³-hybridized carbons (Fsp3) is 0.600. The van der Waals surface area contributed by atoms with Gasteiger partial charge >= 0.3 is 0 Å². The monoisotopic (exact) mass is 226 g/mol. The van der Waals surface area contributed by atoms with E-state index >= 15 is 0 Å². The van der Waals surface area contributed by atoms with Crippen LogP contribution in [0.1, 0.15) is 19.3 Å². The predicted octanol–water partition coefficient (Wildman–Crippen LogP) is 1.45. The molecule has 5 heteroatoms. The van der Waals surface area contributed by atoms with Crippen LogP contribution in [0, 0.1) is 0 Å². The quantitative estimate of drug-likeness (QED) is 0.830. The van der Waals surface area contributed by atoms with Crippen LogP contribution in [-0.4, -0.2) is 29.1 Å². The van der Waals surface area contributed by atoms with E-state index in [0.717, 1.165) is 18.9 Å². The maximum atomic E-state index is 5.75. The maximum Gasteiger partial charge on any atom is 0.225 e. The van der Waals surface area contributed by atoms with E-state index in [1.165, 1.54) is 12.8 Å². The van der Waals surface area contributed by atoms with Crippen LogP contribution in [0.25, 0.3) is 0 Å². The summed E-state index contributed by atoms with van der Waals surface area (Å²) in [6.45, 7) is 1.65. The molecule has 0 aliphatic carbocycles. The van der Waals surface area contributed by atoms with Crippen molar-refractivity contribution in [3.8, 4) is 0 Å². The number of halogens is 1. The first-order valence-electron chi connectivity index (χ1n) is 5.25. The molecule has 2 rings (SSSR count). The highest BCUT2D eigenvalue weighted by Gasteiger charge is 2.22. The Hall–Kier alpha value is -0.870. The molecule has 15 heavy (non-hydrogen) atoms. The molecule has 1 atom stereocenters. The van der Waals surface area contributed by atoms with Gasteiger partial charge in [-0.25, -0.2) is 9.97 Å². The van der Waals surface area contributed by atoms with Crippen LogP contribution >= 0.6 is 11.6 Å². The van der Waals surface area contributed by atoms with Gasteiger partial charge in [-0.1, -0.05) is 11.6 Å². The van der Waals surface area contributed by atoms with E-state index in [4.69, 9.17) is 17.3 Å². The molecule has 4 nitrogen and oxygen atoms in total. The van der Waals surface area contributed by atoms with Crippen molar-refractivity contribution in [2.75, 3.05) is 18.0 Å². The van der Waals surface area contributed by atoms with E-state index in [2.05, 4.69) is 14.9 Å². The molecule has 1 aliphatic heterocycles. The van der Waals surface area contributed by atoms with E-state index in [1.54, 1.807) is 12.4 Å². The Kier molecular flexibility index (Phi) is 3.38. The molecule has 1 aliphatic rings. The Balaban J connectivity index is 2.16. The Morgan fingerprint density at radius 2 is 2.13 bits per heavy atom. The number of nitrogens with zero attached hydrogens (tertiary/aromatic N) is 3. The number of rotatable bonds is 2. The molecule has 1 fully saturated rings. The molecule has 0 amide bonds. The second-order valence-corrected chi connectivity index (χ2v) is 4.22. The lowest BCUT2D eigenvalue weighted by Gasteiger charge is -2.34. The molecule has 2 heterocycles. The number of hydrogen-bond donors (Lipinski definition) is 1. The van der Waals surface area contributed by atoms with Crippen molar-refractivity contribution in [1.82, 2.24) is 9.97 Å². The number of nitrogens with two attached hydrogens (primary N) is 1. The Bertz CT molecular complexity index is 314. The molecule has 0 aromatic carbocycles. The average molecular weight is 227 g/mol. The lowest BCUT2D eigenvalue weighted by molar-refractivity contribution is 0.458. The van der Waals surface area contributed by atoms with E-state index in [1.807, 2.05) is 0 Å². The van der Waals surface area contributed by atoms with Crippen molar-refractivity contribution in [3.05, 3.63) is 17.4 Å². The van der Waals surface area contributed by atoms with Gasteiger partial charge in [0.15, 0.2) is 0 Å². The molecule has 1 aromatic rings. The first kappa shape index (κ1) is 10.6. The Morgan fingerprint density at radius 3 is 2.80 bits per heavy atom. The van der Waals surface area contributed by atoms with Crippen molar-refractivity contribution in [3.63, 3.8) is 0 Å². The van der Waals surface area contributed by atoms with Gasteiger partial charge in [0.25, 0.3) is 0 Å². The molecule has 0 unspecified atom stereocenters. The molecule has 0 saturated carbocycles. The summed E-state index contributed by atoms with van der Waals surface area (Å²) < 4.78 is 0. The molecular formula is C10H15ClN4. The summed E-state index contributed by atoms with van der Waals surface area (Å²) in [5.41, 5.74) is 5.74. The lowest BCUT2D eigenvalue weighted by Crippen LogP contribution is -2.45. The summed E-state index contributed by atoms with van der Waals surface area (Å²) in [5.74, 6) is 0.745. The van der Waals surface area contributed by atoms with Gasteiger partial charge < -0.3 is 10.6 Å². The highest BCUT2D eigenvalue weighted by molar-refractivity contribution is 6.30. The molecule has 0 bridgehead atoms. The number of piperidine rings is 1. The zero-order chi connectivity index (χ0) is 10.7. The zero-order valence-corrected chi connectivity index (χ0v) is 9.32. The van der Waals surface area contributed by atoms with Gasteiger partial charge in [-0.3, -0.25) is 0 Å². The molecule has 82 valence electrons. The summed E-state index contributed by atoms with van der Waals surface area (Å²) in [6, 6.07) is 0.375. The van der Waals surface area contributed by atoms with Crippen molar-refractivity contribution in [1.29, 1.82) is 0 Å². The van der Waals surface area contributed by atoms with Gasteiger partial charge in [-0.05, 0) is 19.3 Å². The summed E-state index contributed by atoms with van der Waals surface area (Å²) in [5, 5.41) is 0.569. The van der Waals surface area contributed by atoms with Crippen molar-refractivity contribution in [2.24, 2.45) is 5.73 Å². The summed E-state index contributed by atoms with van der Waals surface area (Å²) in [7, 11) is 0. The van der Waals surface area contributed by atoms with E-state index < -0.39 is 0 Å². The van der Waals surface area contributed by atoms with Crippen LogP contribution in [-0.2, 0) is 0 Å². The number of hydrogen-bond acceptors (Lipinski definition) is 4. The fourth-order valence-electron chi connectivity index (χ4n) is 1.96. The highest BCUT2D eigenvalue weighted by atomic mass is 35.5. The van der Waals surface area contributed by atoms with Gasteiger partial charge in [-0.15, -0.1) is 0 Å². The summed E-state index contributed by atoms with van der Waals surface area (Å²) in [6.07, 6.45) is 6.81. The van der Waals surface area contributed by atoms with Gasteiger partial charge in [0.2, 0.25) is 5.95 Å². The molecule has 2 N–H and O–H groups in total. The third-order valence-corrected chi connectivity index (χ3v) is 2.96. The maximum absolute atomic E-state index is 5.75. The Labute approximate surface area is 94.5 Å². The normalized spacial score (nSPS) is 21.7. The second-order valence-electron chi connectivity index (χ2n) is 3.78. The van der Waals surface area contributed by atoms with Crippen LogP contribution in [0.4, 0.5) is 5.95 Å². The SMILES string of the molecule is NC[C@H]1CCCCN1c1ncc(Cl)cn1. The average Bonchev–Trinajstić information content (AvgIpc) is 2.30. The van der Waals surface area contributed by atoms with Gasteiger partial charge in [0, 0.05) is 19.1 Å². The first-order valence-corrected chi connectivity index (χ1v) is 5.63. The van der Waals surface area contributed by atoms with Crippen LogP contribution < -0.4 is 10.6 Å². The largest absolute Gasteiger partial charge is 0.337 e. The first-order chi connectivity index (χ1) is 7.31. The van der Waals surface area contributed by atoms with Crippen molar-refractivity contribution in [2.45, 2.75) is 25.3 Å². The number of aromatic nitrogens is 2. The topological polar surface area (TPSA) is 55.0 Å². The third-order valence-electron chi connectivity index (χ3n) is 2.76. The predicted molar refractivity (Wildman–Crippen MR) is 61.1 cm³/mol. The van der Waals surface area contributed by atoms with E-state index in [-0.39, 0.29) is 0 Å². The molecule has 0 spiro atoms. The summed E-state index contributed by atoms with van der Waals surface area (Å²) >= 11 is 5.75. The molecule has 1 saturated heterocycles. The van der Waals surface area contributed by atoms with Gasteiger partial charge in [0.1, 0.15) is 0 Å². The van der Waals surface area contributed by atoms with Crippen molar-refractivity contribution >= 4 is 17.5 Å². The van der Waals surface area contributed by atoms with Crippen LogP contribution in [0.5, 0.6) is 0 Å². The minimum absolute atomic E-state index is 0.375. The number of anilines is 1. The van der Waals surface area contributed by atoms with Gasteiger partial charge in [0.05, 0.1) is 17.4 Å². The van der Waals surface area contributed by atoms with Crippen molar-refractivity contribution < 1.29 is 0 Å². The second kappa shape index (κ2) is 4.77. The van der Waals surface area contributed by atoms with Crippen LogP contribution in [0.2, 0.25) is 5.02 Å². The van der Waals surface area contributed by atoms with E-state index in [0.29, 0.717) is 17.6 Å². The lowest BCUT2D eigenvalue weighted by atomic mass is 10.0. The zero-order valence-electron chi connectivity index (χ0n) is 8.56. The van der Waals surface area contributed by atoms with E-state index in [9.17, 15) is 0 Å².